The van der Waals surface area contributed by atoms with Crippen molar-refractivity contribution in [3.05, 3.63) is 70.8 Å². The van der Waals surface area contributed by atoms with Crippen molar-refractivity contribution in [2.24, 2.45) is 5.92 Å². The van der Waals surface area contributed by atoms with Gasteiger partial charge in [-0.1, -0.05) is 30.3 Å². The second-order valence-corrected chi connectivity index (χ2v) is 8.10. The van der Waals surface area contributed by atoms with Crippen LogP contribution in [0, 0.1) is 5.92 Å². The number of Topliss-reactive ketones (excluding diaryl/α,β-unsaturated/α-hetero) is 1. The molecule has 1 aliphatic heterocycles. The molecular weight excluding hydrogens is 452 g/mol. The summed E-state index contributed by atoms with van der Waals surface area (Å²) in [4.78, 5) is 24.3. The standard InChI is InChI=1S/C23H21F6NO3/c1-13(31)19-11-21(30-20(19)32,16-6-4-3-5-7-16)12-33-14(2)15-8-17(22(24,25)26)10-18(9-15)23(27,28)29/h3-10,14,19H,11-12H2,1-2H3,(H,30,32)/t14-,19?,21-/m1/s1. The van der Waals surface area contributed by atoms with Crippen LogP contribution in [0.4, 0.5) is 26.3 Å². The first-order chi connectivity index (χ1) is 15.2. The molecule has 3 atom stereocenters. The molecule has 0 aliphatic carbocycles. The molecule has 1 aliphatic rings. The predicted octanol–water partition coefficient (Wildman–Crippen LogP) is 5.42. The number of benzene rings is 2. The van der Waals surface area contributed by atoms with Gasteiger partial charge in [0.2, 0.25) is 5.91 Å². The molecule has 0 aromatic heterocycles. The summed E-state index contributed by atoms with van der Waals surface area (Å²) in [5, 5.41) is 2.75. The van der Waals surface area contributed by atoms with E-state index in [4.69, 9.17) is 4.74 Å². The molecule has 0 spiro atoms. The summed E-state index contributed by atoms with van der Waals surface area (Å²) in [7, 11) is 0. The van der Waals surface area contributed by atoms with E-state index in [-0.39, 0.29) is 30.4 Å². The Hall–Kier alpha value is -2.88. The summed E-state index contributed by atoms with van der Waals surface area (Å²) in [6.45, 7) is 2.34. The number of ketones is 1. The average Bonchev–Trinajstić information content (AvgIpc) is 3.09. The van der Waals surface area contributed by atoms with Gasteiger partial charge in [-0.15, -0.1) is 0 Å². The molecule has 1 fully saturated rings. The van der Waals surface area contributed by atoms with Gasteiger partial charge < -0.3 is 10.1 Å². The SMILES string of the molecule is CC(=O)C1C[C@@](CO[C@H](C)c2cc(C(F)(F)F)cc(C(F)(F)F)c2)(c2ccccc2)NC1=O. The number of amides is 1. The number of hydrogen-bond acceptors (Lipinski definition) is 3. The monoisotopic (exact) mass is 473 g/mol. The van der Waals surface area contributed by atoms with Crippen LogP contribution in [0.25, 0.3) is 0 Å². The summed E-state index contributed by atoms with van der Waals surface area (Å²) < 4.78 is 84.8. The fraction of sp³-hybridized carbons (Fsp3) is 0.391. The predicted molar refractivity (Wildman–Crippen MR) is 106 cm³/mol. The number of nitrogens with one attached hydrogen (secondary N) is 1. The van der Waals surface area contributed by atoms with Crippen molar-refractivity contribution in [2.45, 2.75) is 44.3 Å². The highest BCUT2D eigenvalue weighted by Gasteiger charge is 2.47. The first-order valence-corrected chi connectivity index (χ1v) is 10.0. The third kappa shape index (κ3) is 5.38. The minimum Gasteiger partial charge on any atom is -0.371 e. The van der Waals surface area contributed by atoms with E-state index in [1.807, 2.05) is 0 Å². The first-order valence-electron chi connectivity index (χ1n) is 10.0. The number of carbonyl (C=O) groups is 2. The molecule has 1 amide bonds. The van der Waals surface area contributed by atoms with Crippen LogP contribution in [0.2, 0.25) is 0 Å². The van der Waals surface area contributed by atoms with E-state index in [1.165, 1.54) is 13.8 Å². The fourth-order valence-corrected chi connectivity index (χ4v) is 3.85. The molecule has 2 aromatic carbocycles. The lowest BCUT2D eigenvalue weighted by Gasteiger charge is -2.31. The van der Waals surface area contributed by atoms with Crippen molar-refractivity contribution in [3.8, 4) is 0 Å². The zero-order valence-electron chi connectivity index (χ0n) is 17.7. The van der Waals surface area contributed by atoms with Crippen molar-refractivity contribution in [3.63, 3.8) is 0 Å². The summed E-state index contributed by atoms with van der Waals surface area (Å²) >= 11 is 0. The Morgan fingerprint density at radius 2 is 1.61 bits per heavy atom. The third-order valence-corrected chi connectivity index (χ3v) is 5.71. The van der Waals surface area contributed by atoms with Crippen LogP contribution < -0.4 is 5.32 Å². The Kier molecular flexibility index (Phi) is 6.61. The van der Waals surface area contributed by atoms with Gasteiger partial charge in [-0.05, 0) is 49.6 Å². The Balaban J connectivity index is 1.92. The van der Waals surface area contributed by atoms with Crippen LogP contribution in [0.3, 0.4) is 0 Å². The highest BCUT2D eigenvalue weighted by molar-refractivity contribution is 6.02. The maximum absolute atomic E-state index is 13.2. The Bertz CT molecular complexity index is 1000. The highest BCUT2D eigenvalue weighted by atomic mass is 19.4. The zero-order valence-corrected chi connectivity index (χ0v) is 17.7. The van der Waals surface area contributed by atoms with Gasteiger partial charge in [0.05, 0.1) is 35.3 Å². The number of carbonyl (C=O) groups excluding carboxylic acids is 2. The minimum atomic E-state index is -4.98. The van der Waals surface area contributed by atoms with Crippen molar-refractivity contribution >= 4 is 11.7 Å². The van der Waals surface area contributed by atoms with Crippen LogP contribution in [-0.2, 0) is 32.2 Å². The largest absolute Gasteiger partial charge is 0.416 e. The van der Waals surface area contributed by atoms with Gasteiger partial charge in [0, 0.05) is 0 Å². The number of rotatable bonds is 6. The molecule has 3 rings (SSSR count). The van der Waals surface area contributed by atoms with Crippen molar-refractivity contribution in [1.29, 1.82) is 0 Å². The number of halogens is 6. The van der Waals surface area contributed by atoms with Gasteiger partial charge in [-0.3, -0.25) is 9.59 Å². The molecular formula is C23H21F6NO3. The summed E-state index contributed by atoms with van der Waals surface area (Å²) in [6.07, 6.45) is -11.1. The van der Waals surface area contributed by atoms with Gasteiger partial charge in [0.25, 0.3) is 0 Å². The van der Waals surface area contributed by atoms with Gasteiger partial charge in [0.1, 0.15) is 5.78 Å². The number of hydrogen-bond donors (Lipinski definition) is 1. The quantitative estimate of drug-likeness (QED) is 0.450. The van der Waals surface area contributed by atoms with Gasteiger partial charge in [-0.25, -0.2) is 0 Å². The van der Waals surface area contributed by atoms with Crippen molar-refractivity contribution < 1.29 is 40.7 Å². The van der Waals surface area contributed by atoms with E-state index in [0.717, 1.165) is 0 Å². The van der Waals surface area contributed by atoms with E-state index < -0.39 is 46.9 Å². The molecule has 4 nitrogen and oxygen atoms in total. The van der Waals surface area contributed by atoms with E-state index in [1.54, 1.807) is 30.3 Å². The Morgan fingerprint density at radius 1 is 1.06 bits per heavy atom. The normalized spacial score (nSPS) is 22.2. The molecule has 1 saturated heterocycles. The van der Waals surface area contributed by atoms with Crippen LogP contribution in [-0.4, -0.2) is 18.3 Å². The van der Waals surface area contributed by atoms with E-state index >= 15 is 0 Å². The van der Waals surface area contributed by atoms with Gasteiger partial charge in [0.15, 0.2) is 0 Å². The molecule has 0 saturated carbocycles. The van der Waals surface area contributed by atoms with Gasteiger partial charge in [-0.2, -0.15) is 26.3 Å². The first kappa shape index (κ1) is 24.8. The second-order valence-electron chi connectivity index (χ2n) is 8.10. The topological polar surface area (TPSA) is 55.4 Å². The lowest BCUT2D eigenvalue weighted by atomic mass is 9.85. The van der Waals surface area contributed by atoms with E-state index in [0.29, 0.717) is 17.7 Å². The maximum Gasteiger partial charge on any atom is 0.416 e. The smallest absolute Gasteiger partial charge is 0.371 e. The summed E-state index contributed by atoms with van der Waals surface area (Å²) in [6, 6.07) is 9.82. The average molecular weight is 473 g/mol. The van der Waals surface area contributed by atoms with Crippen LogP contribution in [0.15, 0.2) is 48.5 Å². The minimum absolute atomic E-state index is 0.0499. The number of ether oxygens (including phenoxy) is 1. The number of alkyl halides is 6. The molecule has 178 valence electrons. The summed E-state index contributed by atoms with van der Waals surface area (Å²) in [5.74, 6) is -1.80. The lowest BCUT2D eigenvalue weighted by molar-refractivity contribution is -0.143. The van der Waals surface area contributed by atoms with E-state index in [2.05, 4.69) is 5.32 Å². The van der Waals surface area contributed by atoms with E-state index in [9.17, 15) is 35.9 Å². The Labute approximate surface area is 185 Å². The van der Waals surface area contributed by atoms with Crippen molar-refractivity contribution in [1.82, 2.24) is 5.32 Å². The van der Waals surface area contributed by atoms with Crippen LogP contribution in [0.5, 0.6) is 0 Å². The fourth-order valence-electron chi connectivity index (χ4n) is 3.85. The third-order valence-electron chi connectivity index (χ3n) is 5.71. The lowest BCUT2D eigenvalue weighted by Crippen LogP contribution is -2.43. The molecule has 10 heteroatoms. The molecule has 1 heterocycles. The second kappa shape index (κ2) is 8.81. The molecule has 33 heavy (non-hydrogen) atoms. The highest BCUT2D eigenvalue weighted by Crippen LogP contribution is 2.40. The molecule has 1 unspecified atom stereocenters. The molecule has 1 N–H and O–H groups in total. The zero-order chi connectivity index (χ0) is 24.6. The Morgan fingerprint density at radius 3 is 2.06 bits per heavy atom. The molecule has 0 bridgehead atoms. The summed E-state index contributed by atoms with van der Waals surface area (Å²) in [5.41, 5.74) is -3.74. The van der Waals surface area contributed by atoms with Crippen LogP contribution in [0.1, 0.15) is 48.6 Å². The molecule has 2 aromatic rings. The van der Waals surface area contributed by atoms with Crippen LogP contribution >= 0.6 is 0 Å². The van der Waals surface area contributed by atoms with Crippen molar-refractivity contribution in [2.75, 3.05) is 6.61 Å². The maximum atomic E-state index is 13.2. The molecule has 0 radical (unpaired) electrons. The van der Waals surface area contributed by atoms with Gasteiger partial charge >= 0.3 is 12.4 Å².